The van der Waals surface area contributed by atoms with Gasteiger partial charge in [-0.1, -0.05) is 32.8 Å². The number of pyridine rings is 1. The van der Waals surface area contributed by atoms with Gasteiger partial charge in [0.2, 0.25) is 27.7 Å². The largest absolute Gasteiger partial charge is 0.496 e. The summed E-state index contributed by atoms with van der Waals surface area (Å²) in [5.41, 5.74) is 0.259. The van der Waals surface area contributed by atoms with Crippen LogP contribution in [0.4, 0.5) is 4.79 Å². The molecular weight excluding hydrogens is 837 g/mol. The molecule has 3 aromatic rings. The average molecular weight is 893 g/mol. The fraction of sp³-hybridized carbons (Fsp3) is 0.591. The van der Waals surface area contributed by atoms with Gasteiger partial charge in [-0.15, -0.1) is 17.9 Å². The molecule has 334 valence electrons. The summed E-state index contributed by atoms with van der Waals surface area (Å²) >= 11 is 1.52. The molecule has 0 radical (unpaired) electrons. The van der Waals surface area contributed by atoms with Gasteiger partial charge in [-0.05, 0) is 81.3 Å². The Balaban J connectivity index is 1.16. The first-order chi connectivity index (χ1) is 29.6. The molecule has 4 fully saturated rings. The van der Waals surface area contributed by atoms with Crippen LogP contribution in [-0.4, -0.2) is 96.3 Å². The zero-order chi connectivity index (χ0) is 44.0. The normalized spacial score (nSPS) is 26.7. The van der Waals surface area contributed by atoms with Crippen molar-refractivity contribution < 1.29 is 46.5 Å². The second kappa shape index (κ2) is 17.3. The zero-order valence-corrected chi connectivity index (χ0v) is 37.3. The molecule has 3 saturated carbocycles. The van der Waals surface area contributed by atoms with Crippen LogP contribution in [0.1, 0.15) is 94.3 Å². The number of carbonyl (C=O) groups is 4. The summed E-state index contributed by atoms with van der Waals surface area (Å²) in [4.78, 5) is 67.6. The van der Waals surface area contributed by atoms with Crippen LogP contribution in [0.5, 0.6) is 17.4 Å². The molecule has 4 amide bonds. The first kappa shape index (κ1) is 43.7. The van der Waals surface area contributed by atoms with E-state index >= 15 is 0 Å². The molecule has 3 N–H and O–H groups in total. The van der Waals surface area contributed by atoms with Crippen LogP contribution < -0.4 is 29.6 Å². The van der Waals surface area contributed by atoms with Crippen LogP contribution in [-0.2, 0) is 42.2 Å². The minimum Gasteiger partial charge on any atom is -0.496 e. The molecule has 8 rings (SSSR count). The van der Waals surface area contributed by atoms with Gasteiger partial charge in [-0.25, -0.2) is 23.2 Å². The molecule has 2 aromatic heterocycles. The van der Waals surface area contributed by atoms with Crippen molar-refractivity contribution in [2.45, 2.75) is 127 Å². The number of aromatic nitrogens is 2. The fourth-order valence-electron chi connectivity index (χ4n) is 9.11. The average Bonchev–Trinajstić information content (AvgIpc) is 4.03. The number of thiazole rings is 1. The zero-order valence-electron chi connectivity index (χ0n) is 35.7. The number of nitrogens with zero attached hydrogens (tertiary/aromatic N) is 3. The van der Waals surface area contributed by atoms with Gasteiger partial charge in [0.05, 0.1) is 41.7 Å². The van der Waals surface area contributed by atoms with Gasteiger partial charge in [0.25, 0.3) is 5.91 Å². The third-order valence-electron chi connectivity index (χ3n) is 12.9. The predicted molar refractivity (Wildman–Crippen MR) is 230 cm³/mol. The quantitative estimate of drug-likeness (QED) is 0.211. The smallest absolute Gasteiger partial charge is 0.407 e. The van der Waals surface area contributed by atoms with E-state index in [1.54, 1.807) is 13.2 Å². The first-order valence-corrected chi connectivity index (χ1v) is 24.0. The van der Waals surface area contributed by atoms with Gasteiger partial charge in [-0.2, -0.15) is 0 Å². The number of rotatable bonds is 11. The number of aryl methyl sites for hydroxylation is 2. The maximum atomic E-state index is 15.0. The summed E-state index contributed by atoms with van der Waals surface area (Å²) in [5.74, 6) is -1.35. The Morgan fingerprint density at radius 3 is 2.56 bits per heavy atom. The molecular formula is C44H56N6O10S2. The molecule has 2 aliphatic heterocycles. The maximum Gasteiger partial charge on any atom is 0.407 e. The van der Waals surface area contributed by atoms with Crippen molar-refractivity contribution in [3.05, 3.63) is 52.5 Å². The molecule has 1 aromatic carbocycles. The molecule has 1 unspecified atom stereocenters. The molecule has 3 aliphatic carbocycles. The summed E-state index contributed by atoms with van der Waals surface area (Å²) < 4.78 is 52.6. The third kappa shape index (κ3) is 9.36. The minimum atomic E-state index is -3.92. The van der Waals surface area contributed by atoms with Gasteiger partial charge >= 0.3 is 6.09 Å². The highest BCUT2D eigenvalue weighted by molar-refractivity contribution is 7.91. The summed E-state index contributed by atoms with van der Waals surface area (Å²) in [7, 11) is -2.32. The van der Waals surface area contributed by atoms with E-state index in [0.717, 1.165) is 41.9 Å². The van der Waals surface area contributed by atoms with E-state index in [4.69, 9.17) is 23.9 Å². The van der Waals surface area contributed by atoms with Crippen LogP contribution in [0.25, 0.3) is 10.9 Å². The lowest BCUT2D eigenvalue weighted by atomic mass is 9.87. The molecule has 1 saturated heterocycles. The SMILES string of the molecule is C=C[C@@H]1CC1(NC(=O)[C@@H]1C[C@@H]2CN1C(=O)[C@H](C1CCCC1)NC(=O)OCC(C)(C)CCCc1cc3c(cc(OCc4csc(C)n4)nc3cc1OC)O2)C(=O)NS(=O)(=O)C1CC1. The monoisotopic (exact) mass is 892 g/mol. The minimum absolute atomic E-state index is 0.0194. The molecule has 4 bridgehead atoms. The number of hydrogen-bond donors (Lipinski definition) is 3. The van der Waals surface area contributed by atoms with E-state index in [9.17, 15) is 27.6 Å². The number of cyclic esters (lactones) is 1. The first-order valence-electron chi connectivity index (χ1n) is 21.5. The Bertz CT molecular complexity index is 2360. The van der Waals surface area contributed by atoms with E-state index in [1.165, 1.54) is 22.3 Å². The Labute approximate surface area is 365 Å². The Hall–Kier alpha value is -4.97. The van der Waals surface area contributed by atoms with Crippen LogP contribution >= 0.6 is 11.3 Å². The predicted octanol–water partition coefficient (Wildman–Crippen LogP) is 5.25. The number of amides is 4. The van der Waals surface area contributed by atoms with Crippen LogP contribution in [0.3, 0.4) is 0 Å². The van der Waals surface area contributed by atoms with Gasteiger partial charge in [0, 0.05) is 35.2 Å². The number of hydrogen-bond acceptors (Lipinski definition) is 13. The van der Waals surface area contributed by atoms with Crippen LogP contribution in [0.2, 0.25) is 0 Å². The lowest BCUT2D eigenvalue weighted by molar-refractivity contribution is -0.142. The van der Waals surface area contributed by atoms with Gasteiger partial charge in [0.1, 0.15) is 41.8 Å². The molecule has 18 heteroatoms. The second-order valence-electron chi connectivity index (χ2n) is 18.2. The highest BCUT2D eigenvalue weighted by atomic mass is 32.2. The third-order valence-corrected chi connectivity index (χ3v) is 15.5. The maximum absolute atomic E-state index is 15.0. The Morgan fingerprint density at radius 2 is 1.89 bits per heavy atom. The number of carbonyl (C=O) groups excluding carboxylic acids is 4. The van der Waals surface area contributed by atoms with Crippen molar-refractivity contribution in [2.24, 2.45) is 17.3 Å². The number of methoxy groups -OCH3 is 1. The number of ether oxygens (including phenoxy) is 4. The summed E-state index contributed by atoms with van der Waals surface area (Å²) in [6.07, 6.45) is 6.42. The Kier molecular flexibility index (Phi) is 12.2. The summed E-state index contributed by atoms with van der Waals surface area (Å²) in [6, 6.07) is 3.40. The number of sulfonamides is 1. The lowest BCUT2D eigenvalue weighted by Gasteiger charge is -2.32. The number of benzene rings is 1. The standard InChI is InChI=1S/C44H56N6O10S2/c1-6-28-20-44(28,41(53)49-62(55,56)31-13-14-31)48-39(51)34-17-30-21-50(34)40(52)38(26-10-7-8-11-26)47-42(54)59-24-43(3,4)15-9-12-27-16-32-33(18-35(27)57-5)46-37(19-36(32)60-30)58-22-29-23-61-25(2)45-29/h6,16,18-19,23,26,28,30-31,34,38H,1,7-15,17,20-22,24H2,2-5H3,(H,47,54)(H,48,51)(H,49,53)/t28-,30-,34+,38+,44?/m1/s1. The highest BCUT2D eigenvalue weighted by Gasteiger charge is 2.62. The summed E-state index contributed by atoms with van der Waals surface area (Å²) in [6.45, 7) is 10.0. The second-order valence-corrected chi connectivity index (χ2v) is 21.2. The van der Waals surface area contributed by atoms with Gasteiger partial charge in [-0.3, -0.25) is 19.1 Å². The number of nitrogens with one attached hydrogen (secondary N) is 3. The topological polar surface area (TPSA) is 204 Å². The van der Waals surface area contributed by atoms with Crippen molar-refractivity contribution >= 4 is 56.1 Å². The van der Waals surface area contributed by atoms with E-state index in [-0.39, 0.29) is 44.4 Å². The van der Waals surface area contributed by atoms with Crippen molar-refractivity contribution in [1.29, 1.82) is 0 Å². The van der Waals surface area contributed by atoms with E-state index in [1.807, 2.05) is 38.3 Å². The van der Waals surface area contributed by atoms with E-state index in [0.29, 0.717) is 54.5 Å². The van der Waals surface area contributed by atoms with Crippen molar-refractivity contribution in [3.8, 4) is 17.4 Å². The highest BCUT2D eigenvalue weighted by Crippen LogP contribution is 2.46. The molecule has 62 heavy (non-hydrogen) atoms. The van der Waals surface area contributed by atoms with E-state index in [2.05, 4.69) is 26.9 Å². The number of fused-ring (bicyclic) bond motifs is 3. The lowest BCUT2D eigenvalue weighted by Crippen LogP contribution is -2.59. The van der Waals surface area contributed by atoms with E-state index < -0.39 is 74.1 Å². The molecule has 16 nitrogen and oxygen atoms in total. The molecule has 5 atom stereocenters. The van der Waals surface area contributed by atoms with Crippen LogP contribution in [0.15, 0.2) is 36.2 Å². The van der Waals surface area contributed by atoms with Gasteiger partial charge < -0.3 is 34.5 Å². The van der Waals surface area contributed by atoms with Crippen molar-refractivity contribution in [3.63, 3.8) is 0 Å². The molecule has 5 aliphatic rings. The molecule has 4 heterocycles. The van der Waals surface area contributed by atoms with Gasteiger partial charge in [0.15, 0.2) is 0 Å². The fourth-order valence-corrected chi connectivity index (χ4v) is 11.1. The Morgan fingerprint density at radius 1 is 1.11 bits per heavy atom. The van der Waals surface area contributed by atoms with Crippen molar-refractivity contribution in [2.75, 3.05) is 20.3 Å². The number of alkyl carbamates (subject to hydrolysis) is 1. The molecule has 0 spiro atoms. The summed E-state index contributed by atoms with van der Waals surface area (Å²) in [5, 5.41) is 8.60. The van der Waals surface area contributed by atoms with Crippen LogP contribution in [0, 0.1) is 24.2 Å². The van der Waals surface area contributed by atoms with Crippen molar-refractivity contribution in [1.82, 2.24) is 30.2 Å².